The number of hydrogen-bond donors (Lipinski definition) is 1. The third kappa shape index (κ3) is 10.5. The van der Waals surface area contributed by atoms with Crippen molar-refractivity contribution in [3.63, 3.8) is 0 Å². The molecule has 2 N–H and O–H groups in total. The number of aryl methyl sites for hydroxylation is 5. The van der Waals surface area contributed by atoms with Gasteiger partial charge in [-0.15, -0.1) is 0 Å². The molecule has 0 aliphatic heterocycles. The Hall–Kier alpha value is -2.55. The van der Waals surface area contributed by atoms with Crippen LogP contribution >= 0.6 is 31.9 Å². The summed E-state index contributed by atoms with van der Waals surface area (Å²) in [6.45, 7) is 10.6. The second-order valence-corrected chi connectivity index (χ2v) is 14.1. The largest absolute Gasteiger partial charge is 0.398 e. The average Bonchev–Trinajstić information content (AvgIpc) is 2.92. The molecule has 5 rings (SSSR count). The van der Waals surface area contributed by atoms with Crippen molar-refractivity contribution in [2.75, 3.05) is 5.73 Å². The number of benzene rings is 3. The van der Waals surface area contributed by atoms with E-state index in [-0.39, 0.29) is 21.2 Å². The molecule has 0 aliphatic rings. The van der Waals surface area contributed by atoms with Crippen LogP contribution in [0, 0.1) is 41.8 Å². The number of para-hydroxylation sites is 1. The highest BCUT2D eigenvalue weighted by Crippen LogP contribution is 2.19. The van der Waals surface area contributed by atoms with Gasteiger partial charge in [-0.05, 0) is 98.1 Å². The normalized spacial score (nSPS) is 10.2. The van der Waals surface area contributed by atoms with Crippen LogP contribution in [-0.2, 0) is 6.42 Å². The summed E-state index contributed by atoms with van der Waals surface area (Å²) in [5, 5.41) is 0. The zero-order valence-corrected chi connectivity index (χ0v) is 28.9. The van der Waals surface area contributed by atoms with Gasteiger partial charge in [0.1, 0.15) is 0 Å². The fraction of sp³-hybridized carbons (Fsp3) is 0.176. The Bertz CT molecular complexity index is 1470. The van der Waals surface area contributed by atoms with Gasteiger partial charge >= 0.3 is 21.2 Å². The molecular weight excluding hydrogens is 737 g/mol. The first kappa shape index (κ1) is 32.0. The van der Waals surface area contributed by atoms with Gasteiger partial charge < -0.3 is 5.73 Å². The minimum Gasteiger partial charge on any atom is -0.398 e. The molecule has 0 amide bonds. The lowest BCUT2D eigenvalue weighted by atomic mass is 10.1. The zero-order chi connectivity index (χ0) is 29.1. The highest BCUT2D eigenvalue weighted by atomic mass is 127. The Labute approximate surface area is 266 Å². The second-order valence-electron chi connectivity index (χ2n) is 9.52. The molecule has 0 unspecified atom stereocenters. The van der Waals surface area contributed by atoms with Gasteiger partial charge in [0.15, 0.2) is 3.57 Å². The summed E-state index contributed by atoms with van der Waals surface area (Å²) in [4.78, 5) is 8.67. The molecule has 0 atom stereocenters. The van der Waals surface area contributed by atoms with Crippen LogP contribution in [0.3, 0.4) is 0 Å². The fourth-order valence-corrected chi connectivity index (χ4v) is 7.00. The molecule has 206 valence electrons. The van der Waals surface area contributed by atoms with E-state index in [0.29, 0.717) is 0 Å². The third-order valence-corrected chi connectivity index (χ3v) is 10.9. The van der Waals surface area contributed by atoms with Gasteiger partial charge in [-0.25, -0.2) is 0 Å². The maximum absolute atomic E-state index is 5.47. The van der Waals surface area contributed by atoms with Crippen LogP contribution in [0.1, 0.15) is 39.2 Å². The molecule has 2 aromatic heterocycles. The van der Waals surface area contributed by atoms with E-state index in [2.05, 4.69) is 111 Å². The molecule has 3 aromatic carbocycles. The highest BCUT2D eigenvalue weighted by molar-refractivity contribution is 9.10. The van der Waals surface area contributed by atoms with Gasteiger partial charge in [0.2, 0.25) is 3.57 Å². The standard InChI is InChI=1S/C15H17IN.C13H12BrN.C6H6BrN/c1-10-7-11(2)15(12(3)8-10)16-14-6-5-13(4)17-9-14;1-10-6-7-11(9-15-10)8-12-4-2-3-5-13(12)14;7-5-3-1-2-4-6(5)8/h5-9H,1-4H3;2-7,9H,8H2,1H3;1-4H,8H2/q+1;;. The van der Waals surface area contributed by atoms with Crippen molar-refractivity contribution < 1.29 is 21.2 Å². The zero-order valence-electron chi connectivity index (χ0n) is 23.6. The fourth-order valence-electron chi connectivity index (χ4n) is 3.87. The van der Waals surface area contributed by atoms with Crippen molar-refractivity contribution in [1.82, 2.24) is 9.97 Å². The van der Waals surface area contributed by atoms with Gasteiger partial charge in [0.25, 0.3) is 0 Å². The van der Waals surface area contributed by atoms with Gasteiger partial charge in [-0.2, -0.15) is 0 Å². The minimum atomic E-state index is -0.103. The Morgan fingerprint density at radius 3 is 1.75 bits per heavy atom. The summed E-state index contributed by atoms with van der Waals surface area (Å²) in [5.74, 6) is 0. The van der Waals surface area contributed by atoms with Crippen LogP contribution in [-0.4, -0.2) is 9.97 Å². The SMILES string of the molecule is Cc1cc(C)c([I+]c2ccc(C)nc2)c(C)c1.Cc1ccc(Cc2ccccc2Br)cn1.Nc1ccccc1Br. The number of aromatic nitrogens is 2. The Morgan fingerprint density at radius 2 is 1.25 bits per heavy atom. The van der Waals surface area contributed by atoms with E-state index in [0.717, 1.165) is 32.4 Å². The summed E-state index contributed by atoms with van der Waals surface area (Å²) in [6, 6.07) is 28.9. The van der Waals surface area contributed by atoms with E-state index in [1.807, 2.05) is 62.6 Å². The average molecular weight is 772 g/mol. The monoisotopic (exact) mass is 770 g/mol. The molecule has 0 aliphatic carbocycles. The summed E-state index contributed by atoms with van der Waals surface area (Å²) in [6.07, 6.45) is 4.89. The molecule has 0 fully saturated rings. The number of nitrogens with two attached hydrogens (primary N) is 1. The van der Waals surface area contributed by atoms with Crippen LogP contribution in [0.4, 0.5) is 5.69 Å². The number of anilines is 1. The Balaban J connectivity index is 0.000000176. The van der Waals surface area contributed by atoms with Gasteiger partial charge in [-0.1, -0.05) is 70.0 Å². The number of pyridine rings is 2. The van der Waals surface area contributed by atoms with Crippen molar-refractivity contribution >= 4 is 37.5 Å². The topological polar surface area (TPSA) is 51.8 Å². The van der Waals surface area contributed by atoms with Gasteiger partial charge in [-0.3, -0.25) is 9.97 Å². The lowest BCUT2D eigenvalue weighted by Gasteiger charge is -2.04. The number of nitrogen functional groups attached to an aromatic ring is 1. The highest BCUT2D eigenvalue weighted by Gasteiger charge is 2.21. The molecule has 6 heteroatoms. The van der Waals surface area contributed by atoms with Crippen LogP contribution < -0.4 is 26.9 Å². The molecule has 0 radical (unpaired) electrons. The summed E-state index contributed by atoms with van der Waals surface area (Å²) < 4.78 is 5.05. The van der Waals surface area contributed by atoms with E-state index >= 15 is 0 Å². The molecule has 40 heavy (non-hydrogen) atoms. The number of halogens is 3. The predicted octanol–water partition coefficient (Wildman–Crippen LogP) is 6.22. The summed E-state index contributed by atoms with van der Waals surface area (Å²) >= 11 is 6.72. The van der Waals surface area contributed by atoms with Crippen molar-refractivity contribution in [3.05, 3.63) is 153 Å². The summed E-state index contributed by atoms with van der Waals surface area (Å²) in [7, 11) is 0. The lowest BCUT2D eigenvalue weighted by Crippen LogP contribution is -3.62. The Kier molecular flexibility index (Phi) is 12.8. The van der Waals surface area contributed by atoms with Crippen LogP contribution in [0.2, 0.25) is 0 Å². The number of nitrogens with zero attached hydrogens (tertiary/aromatic N) is 2. The third-order valence-electron chi connectivity index (χ3n) is 5.89. The quantitative estimate of drug-likeness (QED) is 0.175. The van der Waals surface area contributed by atoms with Crippen molar-refractivity contribution in [3.8, 4) is 0 Å². The van der Waals surface area contributed by atoms with Crippen LogP contribution in [0.5, 0.6) is 0 Å². The number of hydrogen-bond acceptors (Lipinski definition) is 3. The van der Waals surface area contributed by atoms with Crippen LogP contribution in [0.15, 0.2) is 106 Å². The maximum atomic E-state index is 5.47. The van der Waals surface area contributed by atoms with Gasteiger partial charge in [0, 0.05) is 49.8 Å². The molecule has 2 heterocycles. The minimum absolute atomic E-state index is 0.103. The first-order chi connectivity index (χ1) is 19.1. The number of rotatable bonds is 4. The molecule has 0 saturated heterocycles. The Morgan fingerprint density at radius 1 is 0.675 bits per heavy atom. The van der Waals surface area contributed by atoms with Crippen molar-refractivity contribution in [1.29, 1.82) is 0 Å². The molecule has 0 saturated carbocycles. The molecular formula is C34H35Br2IN3+. The first-order valence-electron chi connectivity index (χ1n) is 12.9. The maximum Gasteiger partial charge on any atom is 0.360 e. The van der Waals surface area contributed by atoms with E-state index in [1.54, 1.807) is 3.57 Å². The molecule has 5 aromatic rings. The summed E-state index contributed by atoms with van der Waals surface area (Å²) in [5.41, 5.74) is 15.2. The van der Waals surface area contributed by atoms with Crippen molar-refractivity contribution in [2.24, 2.45) is 0 Å². The van der Waals surface area contributed by atoms with Crippen LogP contribution in [0.25, 0.3) is 0 Å². The van der Waals surface area contributed by atoms with Gasteiger partial charge in [0.05, 0.1) is 6.20 Å². The smallest absolute Gasteiger partial charge is 0.360 e. The molecule has 0 spiro atoms. The predicted molar refractivity (Wildman–Crippen MR) is 171 cm³/mol. The van der Waals surface area contributed by atoms with E-state index in [9.17, 15) is 0 Å². The van der Waals surface area contributed by atoms with Crippen molar-refractivity contribution in [2.45, 2.75) is 41.0 Å². The molecule has 3 nitrogen and oxygen atoms in total. The van der Waals surface area contributed by atoms with E-state index < -0.39 is 0 Å². The first-order valence-corrected chi connectivity index (χ1v) is 16.7. The van der Waals surface area contributed by atoms with E-state index in [1.165, 1.54) is 31.4 Å². The lowest BCUT2D eigenvalue weighted by molar-refractivity contribution is -0.599. The molecule has 0 bridgehead atoms. The second kappa shape index (κ2) is 16.0. The van der Waals surface area contributed by atoms with E-state index in [4.69, 9.17) is 5.73 Å².